The van der Waals surface area contributed by atoms with Crippen LogP contribution in [-0.2, 0) is 0 Å². The number of benzene rings is 2. The second-order valence-corrected chi connectivity index (χ2v) is 5.55. The van der Waals surface area contributed by atoms with Crippen LogP contribution in [0.1, 0.15) is 0 Å². The molecular weight excluding hydrogens is 326 g/mol. The van der Waals surface area contributed by atoms with Crippen molar-refractivity contribution in [3.05, 3.63) is 59.6 Å². The summed E-state index contributed by atoms with van der Waals surface area (Å²) in [7, 11) is 1.57. The first-order valence-corrected chi connectivity index (χ1v) is 7.67. The Morgan fingerprint density at radius 1 is 0.958 bits per heavy atom. The fourth-order valence-electron chi connectivity index (χ4n) is 2.49. The predicted octanol–water partition coefficient (Wildman–Crippen LogP) is 4.61. The summed E-state index contributed by atoms with van der Waals surface area (Å²) in [6, 6.07) is 17.0. The van der Waals surface area contributed by atoms with E-state index in [1.54, 1.807) is 13.2 Å². The highest BCUT2D eigenvalue weighted by Gasteiger charge is 2.17. The molecule has 118 valence electrons. The molecule has 6 heteroatoms. The number of hydrogen-bond donors (Lipinski definition) is 0. The average Bonchev–Trinajstić information content (AvgIpc) is 3.10. The van der Waals surface area contributed by atoms with Crippen LogP contribution in [0.5, 0.6) is 5.88 Å². The summed E-state index contributed by atoms with van der Waals surface area (Å²) in [5, 5.41) is 5.58. The van der Waals surface area contributed by atoms with E-state index < -0.39 is 0 Å². The van der Waals surface area contributed by atoms with Crippen LogP contribution in [0, 0.1) is 0 Å². The van der Waals surface area contributed by atoms with Gasteiger partial charge in [-0.15, -0.1) is 0 Å². The molecule has 0 radical (unpaired) electrons. The monoisotopic (exact) mass is 337 g/mol. The molecule has 5 nitrogen and oxygen atoms in total. The molecule has 4 aromatic rings. The Bertz CT molecular complexity index is 1030. The Morgan fingerprint density at radius 2 is 1.75 bits per heavy atom. The molecule has 0 N–H and O–H groups in total. The van der Waals surface area contributed by atoms with E-state index in [-0.39, 0.29) is 0 Å². The molecule has 0 aliphatic carbocycles. The minimum Gasteiger partial charge on any atom is -0.480 e. The van der Waals surface area contributed by atoms with E-state index in [1.807, 2.05) is 48.5 Å². The third-order valence-electron chi connectivity index (χ3n) is 3.65. The number of methoxy groups -OCH3 is 1. The molecule has 24 heavy (non-hydrogen) atoms. The predicted molar refractivity (Wildman–Crippen MR) is 92.0 cm³/mol. The van der Waals surface area contributed by atoms with E-state index >= 15 is 0 Å². The average molecular weight is 338 g/mol. The van der Waals surface area contributed by atoms with Crippen molar-refractivity contribution in [1.82, 2.24) is 15.1 Å². The maximum Gasteiger partial charge on any atom is 0.259 e. The summed E-state index contributed by atoms with van der Waals surface area (Å²) in [6.45, 7) is 0. The maximum atomic E-state index is 6.19. The van der Waals surface area contributed by atoms with Crippen LogP contribution in [0.4, 0.5) is 0 Å². The first-order valence-electron chi connectivity index (χ1n) is 7.29. The van der Waals surface area contributed by atoms with Gasteiger partial charge in [0.05, 0.1) is 28.8 Å². The first kappa shape index (κ1) is 14.7. The Morgan fingerprint density at radius 3 is 2.58 bits per heavy atom. The van der Waals surface area contributed by atoms with E-state index in [1.165, 1.54) is 0 Å². The molecule has 4 rings (SSSR count). The Hall–Kier alpha value is -2.92. The second-order valence-electron chi connectivity index (χ2n) is 5.14. The highest BCUT2D eigenvalue weighted by Crippen LogP contribution is 2.32. The molecule has 0 aliphatic rings. The van der Waals surface area contributed by atoms with Gasteiger partial charge in [0.15, 0.2) is 0 Å². The third kappa shape index (κ3) is 2.49. The van der Waals surface area contributed by atoms with Crippen molar-refractivity contribution in [2.45, 2.75) is 0 Å². The van der Waals surface area contributed by atoms with Gasteiger partial charge in [0.25, 0.3) is 5.89 Å². The topological polar surface area (TPSA) is 61.0 Å². The Kier molecular flexibility index (Phi) is 3.63. The number of fused-ring (bicyclic) bond motifs is 1. The molecule has 0 amide bonds. The van der Waals surface area contributed by atoms with E-state index in [2.05, 4.69) is 15.1 Å². The summed E-state index contributed by atoms with van der Waals surface area (Å²) in [5.74, 6) is 1.20. The van der Waals surface area contributed by atoms with Crippen LogP contribution in [0.15, 0.2) is 59.1 Å². The molecule has 2 aromatic carbocycles. The number of ether oxygens (including phenoxy) is 1. The quantitative estimate of drug-likeness (QED) is 0.546. The van der Waals surface area contributed by atoms with Gasteiger partial charge in [-0.25, -0.2) is 4.98 Å². The van der Waals surface area contributed by atoms with E-state index in [9.17, 15) is 0 Å². The summed E-state index contributed by atoms with van der Waals surface area (Å²) in [5.41, 5.74) is 2.19. The van der Waals surface area contributed by atoms with Crippen LogP contribution in [0.25, 0.3) is 33.7 Å². The standard InChI is InChI=1S/C18H12ClN3O2/c1-23-17-13(10-11-6-2-5-9-15(11)20-17)16-21-18(24-22-16)12-7-3-4-8-14(12)19/h2-10H,1H3. The van der Waals surface area contributed by atoms with Crippen molar-refractivity contribution in [1.29, 1.82) is 0 Å². The number of hydrogen-bond acceptors (Lipinski definition) is 5. The van der Waals surface area contributed by atoms with E-state index in [0.29, 0.717) is 33.7 Å². The molecule has 0 spiro atoms. The van der Waals surface area contributed by atoms with Crippen molar-refractivity contribution in [2.24, 2.45) is 0 Å². The number of aromatic nitrogens is 3. The van der Waals surface area contributed by atoms with Crippen molar-refractivity contribution >= 4 is 22.5 Å². The van der Waals surface area contributed by atoms with Gasteiger partial charge in [-0.3, -0.25) is 0 Å². The number of nitrogens with zero attached hydrogens (tertiary/aromatic N) is 3. The van der Waals surface area contributed by atoms with Crippen molar-refractivity contribution in [2.75, 3.05) is 7.11 Å². The SMILES string of the molecule is COc1nc2ccccc2cc1-c1noc(-c2ccccc2Cl)n1. The summed E-state index contributed by atoms with van der Waals surface area (Å²) in [6.07, 6.45) is 0. The number of halogens is 1. The molecule has 0 saturated carbocycles. The Balaban J connectivity index is 1.85. The minimum absolute atomic E-state index is 0.353. The molecule has 0 bridgehead atoms. The van der Waals surface area contributed by atoms with Crippen molar-refractivity contribution < 1.29 is 9.26 Å². The van der Waals surface area contributed by atoms with Gasteiger partial charge in [-0.05, 0) is 24.3 Å². The van der Waals surface area contributed by atoms with Gasteiger partial charge < -0.3 is 9.26 Å². The number of rotatable bonds is 3. The van der Waals surface area contributed by atoms with Crippen molar-refractivity contribution in [3.63, 3.8) is 0 Å². The van der Waals surface area contributed by atoms with Gasteiger partial charge in [0, 0.05) is 5.39 Å². The van der Waals surface area contributed by atoms with Gasteiger partial charge in [0.2, 0.25) is 11.7 Å². The lowest BCUT2D eigenvalue weighted by atomic mass is 10.1. The fraction of sp³-hybridized carbons (Fsp3) is 0.0556. The molecule has 2 aromatic heterocycles. The lowest BCUT2D eigenvalue weighted by Crippen LogP contribution is -1.94. The number of pyridine rings is 1. The van der Waals surface area contributed by atoms with Gasteiger partial charge in [0.1, 0.15) is 0 Å². The Labute approximate surface area is 142 Å². The summed E-state index contributed by atoms with van der Waals surface area (Å²) < 4.78 is 10.8. The fourth-order valence-corrected chi connectivity index (χ4v) is 2.71. The lowest BCUT2D eigenvalue weighted by Gasteiger charge is -2.06. The van der Waals surface area contributed by atoms with Crippen LogP contribution in [0.3, 0.4) is 0 Å². The van der Waals surface area contributed by atoms with E-state index in [0.717, 1.165) is 10.9 Å². The largest absolute Gasteiger partial charge is 0.480 e. The van der Waals surface area contributed by atoms with Crippen LogP contribution in [0.2, 0.25) is 5.02 Å². The van der Waals surface area contributed by atoms with Crippen LogP contribution < -0.4 is 4.74 Å². The molecule has 0 unspecified atom stereocenters. The van der Waals surface area contributed by atoms with E-state index in [4.69, 9.17) is 20.9 Å². The van der Waals surface area contributed by atoms with Crippen LogP contribution in [-0.4, -0.2) is 22.2 Å². The zero-order valence-corrected chi connectivity index (χ0v) is 13.5. The summed E-state index contributed by atoms with van der Waals surface area (Å²) >= 11 is 6.19. The number of para-hydroxylation sites is 1. The van der Waals surface area contributed by atoms with Crippen molar-refractivity contribution in [3.8, 4) is 28.7 Å². The van der Waals surface area contributed by atoms with Gasteiger partial charge in [-0.1, -0.05) is 47.1 Å². The van der Waals surface area contributed by atoms with Gasteiger partial charge in [-0.2, -0.15) is 4.98 Å². The second kappa shape index (κ2) is 5.94. The van der Waals surface area contributed by atoms with Gasteiger partial charge >= 0.3 is 0 Å². The smallest absolute Gasteiger partial charge is 0.259 e. The first-order chi connectivity index (χ1) is 11.8. The molecule has 0 fully saturated rings. The minimum atomic E-state index is 0.353. The molecule has 0 saturated heterocycles. The maximum absolute atomic E-state index is 6.19. The molecule has 0 aliphatic heterocycles. The highest BCUT2D eigenvalue weighted by molar-refractivity contribution is 6.33. The zero-order chi connectivity index (χ0) is 16.5. The normalized spacial score (nSPS) is 10.9. The highest BCUT2D eigenvalue weighted by atomic mass is 35.5. The molecule has 0 atom stereocenters. The summed E-state index contributed by atoms with van der Waals surface area (Å²) in [4.78, 5) is 8.94. The molecule has 2 heterocycles. The third-order valence-corrected chi connectivity index (χ3v) is 3.98. The van der Waals surface area contributed by atoms with Crippen LogP contribution >= 0.6 is 11.6 Å². The lowest BCUT2D eigenvalue weighted by molar-refractivity contribution is 0.399. The molecular formula is C18H12ClN3O2. The zero-order valence-electron chi connectivity index (χ0n) is 12.7.